The molecule has 1 N–H and O–H groups in total. The summed E-state index contributed by atoms with van der Waals surface area (Å²) >= 11 is 0. The molecule has 1 unspecified atom stereocenters. The standard InChI is InChI=1S/C10H14N2O3S/c13-10(7-12-4-1-2-5-12)11-9-3-6-16(14,15)8-9/h1-2,4-5,9H,3,6-8H2,(H,11,13). The van der Waals surface area contributed by atoms with E-state index < -0.39 is 9.84 Å². The molecule has 0 radical (unpaired) electrons. The van der Waals surface area contributed by atoms with Crippen molar-refractivity contribution in [2.75, 3.05) is 11.5 Å². The third-order valence-corrected chi connectivity index (χ3v) is 4.36. The Balaban J connectivity index is 1.85. The SMILES string of the molecule is O=C(Cn1cccc1)NC1CCS(=O)(=O)C1. The molecule has 1 fully saturated rings. The molecule has 1 aromatic heterocycles. The minimum atomic E-state index is -2.92. The maximum Gasteiger partial charge on any atom is 0.240 e. The van der Waals surface area contributed by atoms with Crippen LogP contribution in [0.1, 0.15) is 6.42 Å². The van der Waals surface area contributed by atoms with Gasteiger partial charge in [0.05, 0.1) is 11.5 Å². The van der Waals surface area contributed by atoms with Crippen LogP contribution in [0.5, 0.6) is 0 Å². The third kappa shape index (κ3) is 2.85. The van der Waals surface area contributed by atoms with Crippen molar-refractivity contribution < 1.29 is 13.2 Å². The Morgan fingerprint density at radius 1 is 1.38 bits per heavy atom. The zero-order valence-electron chi connectivity index (χ0n) is 8.80. The zero-order valence-corrected chi connectivity index (χ0v) is 9.61. The number of carbonyl (C=O) groups is 1. The van der Waals surface area contributed by atoms with E-state index in [0.717, 1.165) is 0 Å². The first-order valence-electron chi connectivity index (χ1n) is 5.16. The summed E-state index contributed by atoms with van der Waals surface area (Å²) in [5, 5.41) is 2.73. The highest BCUT2D eigenvalue weighted by Gasteiger charge is 2.28. The number of sulfone groups is 1. The molecule has 2 rings (SSSR count). The lowest BCUT2D eigenvalue weighted by Gasteiger charge is -2.10. The predicted molar refractivity (Wildman–Crippen MR) is 59.6 cm³/mol. The van der Waals surface area contributed by atoms with Gasteiger partial charge < -0.3 is 9.88 Å². The number of rotatable bonds is 3. The van der Waals surface area contributed by atoms with Gasteiger partial charge in [0.1, 0.15) is 6.54 Å². The highest BCUT2D eigenvalue weighted by molar-refractivity contribution is 7.91. The number of aromatic nitrogens is 1. The normalized spacial score (nSPS) is 23.1. The van der Waals surface area contributed by atoms with Gasteiger partial charge in [-0.25, -0.2) is 8.42 Å². The molecule has 6 heteroatoms. The number of nitrogens with one attached hydrogen (secondary N) is 1. The third-order valence-electron chi connectivity index (χ3n) is 2.59. The van der Waals surface area contributed by atoms with Crippen LogP contribution in [0.3, 0.4) is 0 Å². The molecular weight excluding hydrogens is 228 g/mol. The van der Waals surface area contributed by atoms with Crippen molar-refractivity contribution in [2.45, 2.75) is 19.0 Å². The topological polar surface area (TPSA) is 68.2 Å². The van der Waals surface area contributed by atoms with Crippen LogP contribution in [-0.4, -0.2) is 36.4 Å². The van der Waals surface area contributed by atoms with Gasteiger partial charge in [0.15, 0.2) is 9.84 Å². The van der Waals surface area contributed by atoms with Crippen LogP contribution in [0.2, 0.25) is 0 Å². The largest absolute Gasteiger partial charge is 0.351 e. The van der Waals surface area contributed by atoms with E-state index >= 15 is 0 Å². The minimum absolute atomic E-state index is 0.0738. The Morgan fingerprint density at radius 3 is 2.62 bits per heavy atom. The molecule has 0 bridgehead atoms. The monoisotopic (exact) mass is 242 g/mol. The summed E-state index contributed by atoms with van der Waals surface area (Å²) < 4.78 is 24.1. The highest BCUT2D eigenvalue weighted by atomic mass is 32.2. The van der Waals surface area contributed by atoms with Gasteiger partial charge in [-0.2, -0.15) is 0 Å². The second kappa shape index (κ2) is 4.29. The zero-order chi connectivity index (χ0) is 11.6. The van der Waals surface area contributed by atoms with E-state index in [1.165, 1.54) is 0 Å². The summed E-state index contributed by atoms with van der Waals surface area (Å²) in [7, 11) is -2.92. The maximum atomic E-state index is 11.6. The van der Waals surface area contributed by atoms with Gasteiger partial charge >= 0.3 is 0 Å². The molecule has 16 heavy (non-hydrogen) atoms. The molecule has 0 aliphatic carbocycles. The van der Waals surface area contributed by atoms with Crippen LogP contribution in [0, 0.1) is 0 Å². The summed E-state index contributed by atoms with van der Waals surface area (Å²) in [6.07, 6.45) is 4.12. The van der Waals surface area contributed by atoms with Crippen LogP contribution >= 0.6 is 0 Å². The molecule has 1 saturated heterocycles. The molecule has 5 nitrogen and oxygen atoms in total. The number of amides is 1. The molecule has 1 amide bonds. The lowest BCUT2D eigenvalue weighted by Crippen LogP contribution is -2.37. The molecule has 88 valence electrons. The first kappa shape index (κ1) is 11.2. The number of hydrogen-bond donors (Lipinski definition) is 1. The molecule has 0 saturated carbocycles. The van der Waals surface area contributed by atoms with E-state index in [2.05, 4.69) is 5.32 Å². The van der Waals surface area contributed by atoms with Gasteiger partial charge in [-0.15, -0.1) is 0 Å². The van der Waals surface area contributed by atoms with E-state index in [1.807, 2.05) is 12.1 Å². The molecule has 2 heterocycles. The Hall–Kier alpha value is -1.30. The van der Waals surface area contributed by atoms with Crippen molar-refractivity contribution >= 4 is 15.7 Å². The average Bonchev–Trinajstić information content (AvgIpc) is 2.76. The molecule has 1 aliphatic rings. The highest BCUT2D eigenvalue weighted by Crippen LogP contribution is 2.11. The van der Waals surface area contributed by atoms with Crippen LogP contribution in [-0.2, 0) is 21.2 Å². The first-order valence-corrected chi connectivity index (χ1v) is 6.98. The quantitative estimate of drug-likeness (QED) is 0.797. The van der Waals surface area contributed by atoms with Crippen molar-refractivity contribution in [3.63, 3.8) is 0 Å². The summed E-state index contributed by atoms with van der Waals surface area (Å²) in [4.78, 5) is 11.6. The maximum absolute atomic E-state index is 11.6. The van der Waals surface area contributed by atoms with Gasteiger partial charge in [0.25, 0.3) is 0 Å². The van der Waals surface area contributed by atoms with Gasteiger partial charge in [0.2, 0.25) is 5.91 Å². The smallest absolute Gasteiger partial charge is 0.240 e. The van der Waals surface area contributed by atoms with Crippen LogP contribution in [0.25, 0.3) is 0 Å². The fourth-order valence-electron chi connectivity index (χ4n) is 1.82. The number of nitrogens with zero attached hydrogens (tertiary/aromatic N) is 1. The average molecular weight is 242 g/mol. The van der Waals surface area contributed by atoms with Crippen LogP contribution in [0.4, 0.5) is 0 Å². The molecular formula is C10H14N2O3S. The number of carbonyl (C=O) groups excluding carboxylic acids is 1. The van der Waals surface area contributed by atoms with Gasteiger partial charge in [-0.05, 0) is 18.6 Å². The van der Waals surface area contributed by atoms with Crippen molar-refractivity contribution in [1.82, 2.24) is 9.88 Å². The number of hydrogen-bond acceptors (Lipinski definition) is 3. The summed E-state index contributed by atoms with van der Waals surface area (Å²) in [6.45, 7) is 0.240. The molecule has 0 aromatic carbocycles. The van der Waals surface area contributed by atoms with E-state index in [0.29, 0.717) is 6.42 Å². The summed E-state index contributed by atoms with van der Waals surface area (Å²) in [5.74, 6) is 0.115. The summed E-state index contributed by atoms with van der Waals surface area (Å²) in [5.41, 5.74) is 0. The Labute approximate surface area is 94.4 Å². The summed E-state index contributed by atoms with van der Waals surface area (Å²) in [6, 6.07) is 3.47. The van der Waals surface area contributed by atoms with E-state index in [9.17, 15) is 13.2 Å². The molecule has 1 aliphatic heterocycles. The van der Waals surface area contributed by atoms with Crippen molar-refractivity contribution in [3.05, 3.63) is 24.5 Å². The first-order chi connectivity index (χ1) is 7.55. The second-order valence-corrected chi connectivity index (χ2v) is 6.25. The molecule has 1 atom stereocenters. The predicted octanol–water partition coefficient (Wildman–Crippen LogP) is -0.209. The Morgan fingerprint density at radius 2 is 2.06 bits per heavy atom. The fraction of sp³-hybridized carbons (Fsp3) is 0.500. The van der Waals surface area contributed by atoms with Crippen molar-refractivity contribution in [3.8, 4) is 0 Å². The second-order valence-electron chi connectivity index (χ2n) is 4.02. The van der Waals surface area contributed by atoms with E-state index in [4.69, 9.17) is 0 Å². The molecule has 0 spiro atoms. The lowest BCUT2D eigenvalue weighted by molar-refractivity contribution is -0.122. The van der Waals surface area contributed by atoms with Gasteiger partial charge in [0, 0.05) is 18.4 Å². The lowest BCUT2D eigenvalue weighted by atomic mass is 10.2. The van der Waals surface area contributed by atoms with Crippen LogP contribution in [0.15, 0.2) is 24.5 Å². The van der Waals surface area contributed by atoms with Gasteiger partial charge in [-0.1, -0.05) is 0 Å². The Kier molecular flexibility index (Phi) is 3.00. The van der Waals surface area contributed by atoms with E-state index in [1.54, 1.807) is 17.0 Å². The molecule has 1 aromatic rings. The van der Waals surface area contributed by atoms with Gasteiger partial charge in [-0.3, -0.25) is 4.79 Å². The van der Waals surface area contributed by atoms with Crippen molar-refractivity contribution in [1.29, 1.82) is 0 Å². The Bertz CT molecular complexity index is 464. The van der Waals surface area contributed by atoms with Crippen molar-refractivity contribution in [2.24, 2.45) is 0 Å². The fourth-order valence-corrected chi connectivity index (χ4v) is 3.50. The van der Waals surface area contributed by atoms with Crippen LogP contribution < -0.4 is 5.32 Å². The van der Waals surface area contributed by atoms with E-state index in [-0.39, 0.29) is 30.0 Å². The minimum Gasteiger partial charge on any atom is -0.351 e.